The van der Waals surface area contributed by atoms with E-state index in [2.05, 4.69) is 15.6 Å². The van der Waals surface area contributed by atoms with Gasteiger partial charge in [0, 0.05) is 13.1 Å². The van der Waals surface area contributed by atoms with Gasteiger partial charge in [0.1, 0.15) is 11.5 Å². The van der Waals surface area contributed by atoms with Crippen LogP contribution in [0.3, 0.4) is 0 Å². The molecular formula is C9H15N5. The third kappa shape index (κ3) is 1.19. The van der Waals surface area contributed by atoms with Crippen LogP contribution in [0.25, 0.3) is 0 Å². The largest absolute Gasteiger partial charge is 0.369 e. The third-order valence-electron chi connectivity index (χ3n) is 3.05. The van der Waals surface area contributed by atoms with E-state index >= 15 is 0 Å². The van der Waals surface area contributed by atoms with Crippen molar-refractivity contribution in [3.05, 3.63) is 5.69 Å². The molecule has 14 heavy (non-hydrogen) atoms. The molecule has 5 nitrogen and oxygen atoms in total. The van der Waals surface area contributed by atoms with Crippen molar-refractivity contribution in [3.8, 4) is 0 Å². The highest BCUT2D eigenvalue weighted by Crippen LogP contribution is 2.40. The van der Waals surface area contributed by atoms with Gasteiger partial charge < -0.3 is 11.1 Å². The smallest absolute Gasteiger partial charge is 0.149 e. The van der Waals surface area contributed by atoms with Crippen molar-refractivity contribution >= 4 is 5.82 Å². The first-order valence-corrected chi connectivity index (χ1v) is 5.29. The molecule has 1 atom stereocenters. The van der Waals surface area contributed by atoms with E-state index < -0.39 is 0 Å². The fourth-order valence-corrected chi connectivity index (χ4v) is 2.00. The summed E-state index contributed by atoms with van der Waals surface area (Å²) in [7, 11) is 0. The maximum atomic E-state index is 6.11. The SMILES string of the molecule is NC(c1nnn2c1NCCC2)C1CC1. The van der Waals surface area contributed by atoms with Crippen LogP contribution in [0.4, 0.5) is 5.82 Å². The molecule has 0 saturated heterocycles. The lowest BCUT2D eigenvalue weighted by atomic mass is 10.1. The van der Waals surface area contributed by atoms with E-state index in [4.69, 9.17) is 5.73 Å². The van der Waals surface area contributed by atoms with E-state index in [0.29, 0.717) is 5.92 Å². The maximum absolute atomic E-state index is 6.11. The van der Waals surface area contributed by atoms with Crippen molar-refractivity contribution in [1.82, 2.24) is 15.0 Å². The molecule has 1 aromatic heterocycles. The predicted molar refractivity (Wildman–Crippen MR) is 52.8 cm³/mol. The first kappa shape index (κ1) is 8.23. The van der Waals surface area contributed by atoms with Gasteiger partial charge in [-0.05, 0) is 25.2 Å². The van der Waals surface area contributed by atoms with Gasteiger partial charge >= 0.3 is 0 Å². The first-order chi connectivity index (χ1) is 6.86. The Balaban J connectivity index is 1.92. The number of hydrogen-bond donors (Lipinski definition) is 2. The number of fused-ring (bicyclic) bond motifs is 1. The highest BCUT2D eigenvalue weighted by molar-refractivity contribution is 5.43. The minimum atomic E-state index is 0.0874. The summed E-state index contributed by atoms with van der Waals surface area (Å²) in [6.45, 7) is 1.98. The lowest BCUT2D eigenvalue weighted by Crippen LogP contribution is -2.21. The Morgan fingerprint density at radius 3 is 3.14 bits per heavy atom. The molecule has 1 aromatic rings. The molecule has 1 fully saturated rings. The summed E-state index contributed by atoms with van der Waals surface area (Å²) in [6, 6.07) is 0.0874. The zero-order chi connectivity index (χ0) is 9.54. The quantitative estimate of drug-likeness (QED) is 0.717. The van der Waals surface area contributed by atoms with Crippen LogP contribution in [0.1, 0.15) is 31.0 Å². The second kappa shape index (κ2) is 2.95. The van der Waals surface area contributed by atoms with Crippen molar-refractivity contribution in [3.63, 3.8) is 0 Å². The molecule has 0 spiro atoms. The monoisotopic (exact) mass is 193 g/mol. The zero-order valence-corrected chi connectivity index (χ0v) is 8.11. The highest BCUT2D eigenvalue weighted by atomic mass is 15.5. The van der Waals surface area contributed by atoms with Crippen LogP contribution < -0.4 is 11.1 Å². The van der Waals surface area contributed by atoms with Crippen molar-refractivity contribution in [2.24, 2.45) is 11.7 Å². The number of nitrogens with one attached hydrogen (secondary N) is 1. The van der Waals surface area contributed by atoms with E-state index in [0.717, 1.165) is 31.0 Å². The first-order valence-electron chi connectivity index (χ1n) is 5.29. The van der Waals surface area contributed by atoms with Gasteiger partial charge in [-0.15, -0.1) is 5.10 Å². The second-order valence-electron chi connectivity index (χ2n) is 4.19. The topological polar surface area (TPSA) is 68.8 Å². The molecule has 3 N–H and O–H groups in total. The van der Waals surface area contributed by atoms with Crippen molar-refractivity contribution in [2.75, 3.05) is 11.9 Å². The van der Waals surface area contributed by atoms with Gasteiger partial charge in [0.2, 0.25) is 0 Å². The summed E-state index contributed by atoms with van der Waals surface area (Å²) in [6.07, 6.45) is 3.61. The fraction of sp³-hybridized carbons (Fsp3) is 0.778. The van der Waals surface area contributed by atoms with E-state index in [9.17, 15) is 0 Å². The number of nitrogens with two attached hydrogens (primary N) is 1. The van der Waals surface area contributed by atoms with Crippen LogP contribution in [0, 0.1) is 5.92 Å². The Bertz CT molecular complexity index is 341. The van der Waals surface area contributed by atoms with E-state index in [-0.39, 0.29) is 6.04 Å². The molecule has 3 rings (SSSR count). The summed E-state index contributed by atoms with van der Waals surface area (Å²) >= 11 is 0. The fourth-order valence-electron chi connectivity index (χ4n) is 2.00. The molecule has 5 heteroatoms. The van der Waals surface area contributed by atoms with Gasteiger partial charge in [-0.25, -0.2) is 4.68 Å². The molecular weight excluding hydrogens is 178 g/mol. The van der Waals surface area contributed by atoms with Crippen LogP contribution in [0.5, 0.6) is 0 Å². The number of aryl methyl sites for hydroxylation is 1. The Morgan fingerprint density at radius 2 is 2.36 bits per heavy atom. The molecule has 0 amide bonds. The normalized spacial score (nSPS) is 22.6. The molecule has 0 bridgehead atoms. The summed E-state index contributed by atoms with van der Waals surface area (Å²) in [5.74, 6) is 1.69. The average Bonchev–Trinajstić information content (AvgIpc) is 2.97. The number of hydrogen-bond acceptors (Lipinski definition) is 4. The zero-order valence-electron chi connectivity index (χ0n) is 8.11. The van der Waals surface area contributed by atoms with Gasteiger partial charge in [-0.2, -0.15) is 0 Å². The molecule has 0 radical (unpaired) electrons. The van der Waals surface area contributed by atoms with Gasteiger partial charge in [-0.3, -0.25) is 0 Å². The van der Waals surface area contributed by atoms with Crippen LogP contribution in [-0.2, 0) is 6.54 Å². The minimum Gasteiger partial charge on any atom is -0.369 e. The van der Waals surface area contributed by atoms with Crippen LogP contribution in [0.15, 0.2) is 0 Å². The maximum Gasteiger partial charge on any atom is 0.149 e. The summed E-state index contributed by atoms with van der Waals surface area (Å²) < 4.78 is 1.93. The minimum absolute atomic E-state index is 0.0874. The molecule has 1 aliphatic heterocycles. The van der Waals surface area contributed by atoms with E-state index in [1.165, 1.54) is 12.8 Å². The van der Waals surface area contributed by atoms with Crippen molar-refractivity contribution in [1.29, 1.82) is 0 Å². The van der Waals surface area contributed by atoms with E-state index in [1.54, 1.807) is 0 Å². The Labute approximate surface area is 82.7 Å². The predicted octanol–water partition coefficient (Wildman–Crippen LogP) is 0.503. The Kier molecular flexibility index (Phi) is 1.73. The molecule has 2 heterocycles. The summed E-state index contributed by atoms with van der Waals surface area (Å²) in [5.41, 5.74) is 7.08. The standard InChI is InChI=1S/C9H15N5/c10-7(6-2-3-6)8-9-11-4-1-5-14(9)13-12-8/h6-7,11H,1-5,10H2. The molecule has 1 saturated carbocycles. The number of nitrogens with zero attached hydrogens (tertiary/aromatic N) is 3. The van der Waals surface area contributed by atoms with Gasteiger partial charge in [0.25, 0.3) is 0 Å². The van der Waals surface area contributed by atoms with Gasteiger partial charge in [-0.1, -0.05) is 5.21 Å². The summed E-state index contributed by atoms with van der Waals surface area (Å²) in [4.78, 5) is 0. The Hall–Kier alpha value is -1.10. The van der Waals surface area contributed by atoms with Crippen LogP contribution >= 0.6 is 0 Å². The lowest BCUT2D eigenvalue weighted by Gasteiger charge is -2.17. The second-order valence-corrected chi connectivity index (χ2v) is 4.19. The van der Waals surface area contributed by atoms with Crippen molar-refractivity contribution < 1.29 is 0 Å². The van der Waals surface area contributed by atoms with Gasteiger partial charge in [0.05, 0.1) is 6.04 Å². The van der Waals surface area contributed by atoms with Gasteiger partial charge in [0.15, 0.2) is 0 Å². The third-order valence-corrected chi connectivity index (χ3v) is 3.05. The molecule has 0 aromatic carbocycles. The lowest BCUT2D eigenvalue weighted by molar-refractivity contribution is 0.549. The molecule has 2 aliphatic rings. The Morgan fingerprint density at radius 1 is 1.50 bits per heavy atom. The number of rotatable bonds is 2. The van der Waals surface area contributed by atoms with E-state index in [1.807, 2.05) is 4.68 Å². The van der Waals surface area contributed by atoms with Crippen LogP contribution in [0.2, 0.25) is 0 Å². The molecule has 1 aliphatic carbocycles. The number of anilines is 1. The average molecular weight is 193 g/mol. The van der Waals surface area contributed by atoms with Crippen molar-refractivity contribution in [2.45, 2.75) is 31.8 Å². The molecule has 1 unspecified atom stereocenters. The van der Waals surface area contributed by atoms with Crippen LogP contribution in [-0.4, -0.2) is 21.5 Å². The highest BCUT2D eigenvalue weighted by Gasteiger charge is 2.34. The number of aromatic nitrogens is 3. The molecule has 76 valence electrons. The summed E-state index contributed by atoms with van der Waals surface area (Å²) in [5, 5.41) is 11.6.